The Labute approximate surface area is 259 Å². The molecular formula is C31H39ClF3N3O4S. The van der Waals surface area contributed by atoms with E-state index in [1.54, 1.807) is 18.2 Å². The molecule has 1 unspecified atom stereocenters. The molecule has 0 saturated carbocycles. The minimum absolute atomic E-state index is 0.00311. The third-order valence-corrected chi connectivity index (χ3v) is 9.51. The number of pyridine rings is 1. The minimum Gasteiger partial charge on any atom is -0.494 e. The number of alkyl halides is 3. The molecule has 0 radical (unpaired) electrons. The van der Waals surface area contributed by atoms with Crippen molar-refractivity contribution in [3.8, 4) is 5.75 Å². The molecule has 3 heterocycles. The van der Waals surface area contributed by atoms with Crippen LogP contribution in [0, 0.1) is 11.3 Å². The molecule has 1 saturated heterocycles. The first-order chi connectivity index (χ1) is 20.5. The highest BCUT2D eigenvalue weighted by atomic mass is 35.5. The van der Waals surface area contributed by atoms with Gasteiger partial charge in [0.2, 0.25) is 0 Å². The lowest BCUT2D eigenvalue weighted by atomic mass is 9.64. The van der Waals surface area contributed by atoms with E-state index >= 15 is 0 Å². The summed E-state index contributed by atoms with van der Waals surface area (Å²) in [6, 6.07) is 7.43. The van der Waals surface area contributed by atoms with Gasteiger partial charge < -0.3 is 19.5 Å². The fraction of sp³-hybridized carbons (Fsp3) is 0.581. The summed E-state index contributed by atoms with van der Waals surface area (Å²) in [6.07, 6.45) is 1.98. The number of hydrogen-bond donors (Lipinski definition) is 1. The third-order valence-electron chi connectivity index (χ3n) is 8.27. The second-order valence-electron chi connectivity index (χ2n) is 11.2. The number of fused-ring (bicyclic) bond motifs is 1. The molecule has 43 heavy (non-hydrogen) atoms. The van der Waals surface area contributed by atoms with Crippen LogP contribution in [-0.2, 0) is 22.1 Å². The predicted octanol–water partition coefficient (Wildman–Crippen LogP) is 8.28. The molecule has 2 aromatic heterocycles. The van der Waals surface area contributed by atoms with Crippen molar-refractivity contribution in [3.63, 3.8) is 0 Å². The summed E-state index contributed by atoms with van der Waals surface area (Å²) >= 11 is 7.43. The monoisotopic (exact) mass is 641 g/mol. The number of hydrogen-bond acceptors (Lipinski definition) is 7. The quantitative estimate of drug-likeness (QED) is 0.167. The van der Waals surface area contributed by atoms with Crippen molar-refractivity contribution in [2.45, 2.75) is 71.4 Å². The summed E-state index contributed by atoms with van der Waals surface area (Å²) in [5.41, 5.74) is 0.151. The number of piperidine rings is 1. The highest BCUT2D eigenvalue weighted by Crippen LogP contribution is 2.47. The minimum atomic E-state index is -4.50. The van der Waals surface area contributed by atoms with Crippen LogP contribution < -0.4 is 9.64 Å². The number of ether oxygens (including phenoxy) is 2. The van der Waals surface area contributed by atoms with Crippen LogP contribution in [0.4, 0.5) is 18.3 Å². The number of halogens is 4. The second-order valence-corrected chi connectivity index (χ2v) is 12.6. The van der Waals surface area contributed by atoms with Gasteiger partial charge in [-0.2, -0.15) is 13.2 Å². The van der Waals surface area contributed by atoms with Crippen LogP contribution in [0.25, 0.3) is 10.3 Å². The Kier molecular flexibility index (Phi) is 11.5. The maximum atomic E-state index is 13.2. The Balaban J connectivity index is 1.47. The van der Waals surface area contributed by atoms with E-state index in [4.69, 9.17) is 21.1 Å². The first-order valence-electron chi connectivity index (χ1n) is 14.8. The smallest absolute Gasteiger partial charge is 0.433 e. The standard InChI is InChI=1S/C31H39ClF3N3O4S/c1-3-14-41-15-5-6-22(4-2)30(11-16-42-24-18-21(19-27(39)40)17-23(32)20-24)9-12-38(13-10-30)29-36-25-7-8-26(31(33,34)35)37-28(25)43-29/h7-8,17-18,20,22H,3-6,9-16,19H2,1-2H3,(H,39,40). The summed E-state index contributed by atoms with van der Waals surface area (Å²) in [7, 11) is 0. The molecule has 236 valence electrons. The molecule has 1 fully saturated rings. The average molecular weight is 642 g/mol. The largest absolute Gasteiger partial charge is 0.494 e. The van der Waals surface area contributed by atoms with Crippen molar-refractivity contribution in [1.29, 1.82) is 0 Å². The number of benzene rings is 1. The van der Waals surface area contributed by atoms with Gasteiger partial charge in [0, 0.05) is 31.3 Å². The number of carbonyl (C=O) groups is 1. The van der Waals surface area contributed by atoms with E-state index in [0.29, 0.717) is 39.5 Å². The number of aromatic nitrogens is 2. The van der Waals surface area contributed by atoms with Gasteiger partial charge in [-0.1, -0.05) is 43.2 Å². The van der Waals surface area contributed by atoms with Crippen LogP contribution in [0.15, 0.2) is 30.3 Å². The highest BCUT2D eigenvalue weighted by molar-refractivity contribution is 7.21. The lowest BCUT2D eigenvalue weighted by molar-refractivity contribution is -0.141. The van der Waals surface area contributed by atoms with Gasteiger partial charge in [-0.05, 0) is 85.8 Å². The maximum absolute atomic E-state index is 13.2. The molecule has 0 bridgehead atoms. The number of rotatable bonds is 15. The Hall–Kier alpha value is -2.63. The number of aliphatic carboxylic acids is 1. The number of anilines is 1. The SMILES string of the molecule is CCCOCCCC(CC)C1(CCOc2cc(Cl)cc(CC(=O)O)c2)CCN(c2nc3ccc(C(F)(F)F)nc3s2)CC1. The zero-order valence-corrected chi connectivity index (χ0v) is 26.2. The normalized spacial score (nSPS) is 16.0. The van der Waals surface area contributed by atoms with Gasteiger partial charge in [0.05, 0.1) is 13.0 Å². The van der Waals surface area contributed by atoms with Crippen LogP contribution in [0.1, 0.15) is 70.1 Å². The molecule has 7 nitrogen and oxygen atoms in total. The first kappa shape index (κ1) is 33.3. The molecule has 1 atom stereocenters. The van der Waals surface area contributed by atoms with Crippen molar-refractivity contribution in [2.75, 3.05) is 37.8 Å². The van der Waals surface area contributed by atoms with Crippen LogP contribution in [0.2, 0.25) is 5.02 Å². The molecule has 1 aromatic carbocycles. The number of carboxylic acid groups (broad SMARTS) is 1. The number of nitrogens with zero attached hydrogens (tertiary/aromatic N) is 3. The van der Waals surface area contributed by atoms with Crippen LogP contribution >= 0.6 is 22.9 Å². The Morgan fingerprint density at radius 3 is 2.58 bits per heavy atom. The van der Waals surface area contributed by atoms with Crippen LogP contribution in [0.3, 0.4) is 0 Å². The Bertz CT molecular complexity index is 1360. The van der Waals surface area contributed by atoms with E-state index in [-0.39, 0.29) is 16.7 Å². The van der Waals surface area contributed by atoms with Crippen LogP contribution in [0.5, 0.6) is 5.75 Å². The van der Waals surface area contributed by atoms with Crippen molar-refractivity contribution in [3.05, 3.63) is 46.6 Å². The molecule has 0 amide bonds. The van der Waals surface area contributed by atoms with E-state index in [9.17, 15) is 23.1 Å². The van der Waals surface area contributed by atoms with Gasteiger partial charge in [-0.3, -0.25) is 4.79 Å². The van der Waals surface area contributed by atoms with Crippen molar-refractivity contribution < 1.29 is 32.5 Å². The van der Waals surface area contributed by atoms with E-state index in [1.165, 1.54) is 17.4 Å². The summed E-state index contributed by atoms with van der Waals surface area (Å²) in [5.74, 6) is 0.0617. The van der Waals surface area contributed by atoms with Gasteiger partial charge >= 0.3 is 12.1 Å². The van der Waals surface area contributed by atoms with Crippen molar-refractivity contribution in [1.82, 2.24) is 9.97 Å². The van der Waals surface area contributed by atoms with E-state index < -0.39 is 17.8 Å². The van der Waals surface area contributed by atoms with Gasteiger partial charge in [0.25, 0.3) is 0 Å². The lowest BCUT2D eigenvalue weighted by Gasteiger charge is -2.47. The number of thiazole rings is 1. The zero-order valence-electron chi connectivity index (χ0n) is 24.6. The summed E-state index contributed by atoms with van der Waals surface area (Å²) in [4.78, 5) is 22.1. The Morgan fingerprint density at radius 2 is 1.91 bits per heavy atom. The lowest BCUT2D eigenvalue weighted by Crippen LogP contribution is -2.45. The van der Waals surface area contributed by atoms with Crippen molar-refractivity contribution in [2.24, 2.45) is 11.3 Å². The molecular weight excluding hydrogens is 603 g/mol. The zero-order chi connectivity index (χ0) is 31.0. The molecule has 1 aliphatic heterocycles. The topological polar surface area (TPSA) is 84.8 Å². The molecule has 4 rings (SSSR count). The average Bonchev–Trinajstić information content (AvgIpc) is 3.38. The van der Waals surface area contributed by atoms with Gasteiger partial charge in [0.1, 0.15) is 21.8 Å². The van der Waals surface area contributed by atoms with Crippen LogP contribution in [-0.4, -0.2) is 54.0 Å². The number of carboxylic acids is 1. The first-order valence-corrected chi connectivity index (χ1v) is 16.0. The van der Waals surface area contributed by atoms with E-state index in [0.717, 1.165) is 77.3 Å². The summed E-state index contributed by atoms with van der Waals surface area (Å²) in [6.45, 7) is 7.73. The fourth-order valence-electron chi connectivity index (χ4n) is 6.08. The predicted molar refractivity (Wildman–Crippen MR) is 163 cm³/mol. The molecule has 12 heteroatoms. The van der Waals surface area contributed by atoms with Crippen molar-refractivity contribution >= 4 is 44.4 Å². The Morgan fingerprint density at radius 1 is 1.14 bits per heavy atom. The second kappa shape index (κ2) is 14.9. The highest BCUT2D eigenvalue weighted by Gasteiger charge is 2.41. The molecule has 1 aliphatic rings. The summed E-state index contributed by atoms with van der Waals surface area (Å²) < 4.78 is 51.5. The van der Waals surface area contributed by atoms with E-state index in [2.05, 4.69) is 28.7 Å². The fourth-order valence-corrected chi connectivity index (χ4v) is 7.32. The van der Waals surface area contributed by atoms with E-state index in [1.807, 2.05) is 0 Å². The molecule has 0 spiro atoms. The molecule has 0 aliphatic carbocycles. The van der Waals surface area contributed by atoms with Gasteiger partial charge in [-0.25, -0.2) is 9.97 Å². The van der Waals surface area contributed by atoms with Gasteiger partial charge in [0.15, 0.2) is 5.13 Å². The molecule has 3 aromatic rings. The summed E-state index contributed by atoms with van der Waals surface area (Å²) in [5, 5.41) is 10.3. The third kappa shape index (κ3) is 8.95. The molecule has 1 N–H and O–H groups in total. The maximum Gasteiger partial charge on any atom is 0.433 e. The van der Waals surface area contributed by atoms with Gasteiger partial charge in [-0.15, -0.1) is 0 Å².